The van der Waals surface area contributed by atoms with E-state index in [9.17, 15) is 58.5 Å². The Balaban J connectivity index is 2.44. The number of aliphatic carboxylic acids is 2. The average Bonchev–Trinajstić information content (AvgIpc) is 3.32. The minimum absolute atomic E-state index is 0.00696. The first kappa shape index (κ1) is 60.8. The number of hydrogen-bond donors (Lipinski definition) is 14. The van der Waals surface area contributed by atoms with Crippen LogP contribution in [0.5, 0.6) is 5.75 Å². The fraction of sp³-hybridized carbons (Fsp3) is 0.542. The monoisotopic (exact) mass is 1010 g/mol. The van der Waals surface area contributed by atoms with Crippen molar-refractivity contribution in [2.45, 2.75) is 134 Å². The smallest absolute Gasteiger partial charge is 0.326 e. The van der Waals surface area contributed by atoms with Crippen LogP contribution in [0.1, 0.15) is 90.2 Å². The van der Waals surface area contributed by atoms with Crippen molar-refractivity contribution in [3.63, 3.8) is 0 Å². The number of nitrogens with one attached hydrogen (secondary N) is 7. The van der Waals surface area contributed by atoms with Crippen molar-refractivity contribution in [3.05, 3.63) is 65.7 Å². The number of phenolic OH excluding ortho intramolecular Hbond substituents is 1. The molecule has 0 aromatic heterocycles. The molecule has 0 bridgehead atoms. The molecule has 0 fully saturated rings. The summed E-state index contributed by atoms with van der Waals surface area (Å²) >= 11 is 0. The predicted octanol–water partition coefficient (Wildman–Crippen LogP) is -1.64. The number of hydrogen-bond acceptors (Lipinski definition) is 13. The van der Waals surface area contributed by atoms with Crippen molar-refractivity contribution in [2.24, 2.45) is 39.8 Å². The molecule has 0 radical (unpaired) electrons. The summed E-state index contributed by atoms with van der Waals surface area (Å²) < 4.78 is 0. The zero-order chi connectivity index (χ0) is 53.9. The molecule has 0 spiro atoms. The molecule has 8 atom stereocenters. The standard InChI is InChI=1S/C48H74N12O12/c1-5-28(4)40(50)46(70)60-34(22-27(2)3)41(65)54-26-38(62)55-35(23-29-12-7-6-8-13-29)43(67)56-32(15-11-21-53-48(51)52)42(66)59-37(25-39(63)64)45(69)58-36(24-30-16-18-31(61)19-17-30)44(68)57-33(47(71)72)14-9-10-20-49/h6-8,12-13,16-19,27-28,32-37,40,61H,5,9-11,14-15,20-26,49-50H2,1-4H3,(H,54,65)(H,55,62)(H,56,67)(H,57,68)(H,58,69)(H,59,66)(H,60,70)(H,63,64)(H,71,72)(H4,51,52,53)/t28-,32+,33+,34+,35+,36+,37+,40+/m0/s1. The Morgan fingerprint density at radius 3 is 1.68 bits per heavy atom. The SMILES string of the molecule is CC[C@H](C)[C@@H](N)C(=O)N[C@H](CC(C)C)C(=O)NCC(=O)N[C@H](Cc1ccccc1)C(=O)N[C@H](CCCN=C(N)N)C(=O)N[C@H](CC(=O)O)C(=O)N[C@H](Cc1ccc(O)cc1)C(=O)N[C@H](CCCCN)C(=O)O. The van der Waals surface area contributed by atoms with Gasteiger partial charge in [-0.05, 0) is 80.2 Å². The number of aliphatic imine (C=N–C) groups is 1. The van der Waals surface area contributed by atoms with E-state index in [1.165, 1.54) is 24.3 Å². The van der Waals surface area contributed by atoms with E-state index in [2.05, 4.69) is 42.2 Å². The number of unbranched alkanes of at least 4 members (excludes halogenated alkanes) is 1. The van der Waals surface area contributed by atoms with Crippen molar-refractivity contribution in [3.8, 4) is 5.75 Å². The van der Waals surface area contributed by atoms with Gasteiger partial charge < -0.3 is 75.5 Å². The molecule has 24 nitrogen and oxygen atoms in total. The Hall–Kier alpha value is -7.34. The number of carboxylic acid groups (broad SMARTS) is 2. The topological polar surface area (TPSA) is 415 Å². The number of carbonyl (C=O) groups excluding carboxylic acids is 7. The van der Waals surface area contributed by atoms with Gasteiger partial charge in [0.1, 0.15) is 42.0 Å². The van der Waals surface area contributed by atoms with Crippen LogP contribution in [0.25, 0.3) is 0 Å². The third-order valence-corrected chi connectivity index (χ3v) is 11.4. The van der Waals surface area contributed by atoms with Gasteiger partial charge in [-0.1, -0.05) is 76.6 Å². The fourth-order valence-electron chi connectivity index (χ4n) is 7.15. The van der Waals surface area contributed by atoms with Gasteiger partial charge in [-0.2, -0.15) is 0 Å². The summed E-state index contributed by atoms with van der Waals surface area (Å²) in [7, 11) is 0. The van der Waals surface area contributed by atoms with Crippen molar-refractivity contribution in [2.75, 3.05) is 19.6 Å². The molecule has 24 heteroatoms. The number of guanidine groups is 1. The maximum absolute atomic E-state index is 14.2. The molecular formula is C48H74N12O12. The van der Waals surface area contributed by atoms with Crippen LogP contribution < -0.4 is 60.2 Å². The van der Waals surface area contributed by atoms with Crippen LogP contribution in [0.3, 0.4) is 0 Å². The summed E-state index contributed by atoms with van der Waals surface area (Å²) in [5, 5.41) is 47.0. The summed E-state index contributed by atoms with van der Waals surface area (Å²) in [6.07, 6.45) is 0.180. The molecule has 72 heavy (non-hydrogen) atoms. The van der Waals surface area contributed by atoms with Gasteiger partial charge in [0.15, 0.2) is 5.96 Å². The lowest BCUT2D eigenvalue weighted by atomic mass is 9.97. The average molecular weight is 1010 g/mol. The second-order valence-corrected chi connectivity index (χ2v) is 17.9. The minimum Gasteiger partial charge on any atom is -0.508 e. The zero-order valence-electron chi connectivity index (χ0n) is 41.4. The molecule has 398 valence electrons. The number of benzene rings is 2. The second-order valence-electron chi connectivity index (χ2n) is 17.9. The molecule has 2 aromatic rings. The highest BCUT2D eigenvalue weighted by Gasteiger charge is 2.34. The Labute approximate surface area is 419 Å². The van der Waals surface area contributed by atoms with Crippen molar-refractivity contribution < 1.29 is 58.5 Å². The fourth-order valence-corrected chi connectivity index (χ4v) is 7.15. The van der Waals surface area contributed by atoms with Gasteiger partial charge in [0, 0.05) is 19.4 Å². The van der Waals surface area contributed by atoms with E-state index in [4.69, 9.17) is 22.9 Å². The predicted molar refractivity (Wildman–Crippen MR) is 266 cm³/mol. The van der Waals surface area contributed by atoms with Crippen LogP contribution in [0.4, 0.5) is 0 Å². The molecular weight excluding hydrogens is 937 g/mol. The normalized spacial score (nSPS) is 14.3. The highest BCUT2D eigenvalue weighted by atomic mass is 16.4. The number of carboxylic acids is 2. The van der Waals surface area contributed by atoms with E-state index in [0.717, 1.165) is 0 Å². The molecule has 0 aliphatic carbocycles. The Bertz CT molecular complexity index is 2140. The maximum atomic E-state index is 14.2. The lowest BCUT2D eigenvalue weighted by Gasteiger charge is -2.27. The van der Waals surface area contributed by atoms with E-state index in [-0.39, 0.29) is 75.2 Å². The zero-order valence-corrected chi connectivity index (χ0v) is 41.4. The first-order valence-electron chi connectivity index (χ1n) is 23.9. The van der Waals surface area contributed by atoms with Crippen LogP contribution in [-0.4, -0.2) is 136 Å². The first-order chi connectivity index (χ1) is 34.0. The van der Waals surface area contributed by atoms with Gasteiger partial charge in [0.2, 0.25) is 41.4 Å². The summed E-state index contributed by atoms with van der Waals surface area (Å²) in [5.74, 6) is -9.53. The lowest BCUT2D eigenvalue weighted by Crippen LogP contribution is -2.60. The summed E-state index contributed by atoms with van der Waals surface area (Å²) in [6, 6.07) is 4.45. The van der Waals surface area contributed by atoms with Gasteiger partial charge in [0.05, 0.1) is 19.0 Å². The Morgan fingerprint density at radius 2 is 1.12 bits per heavy atom. The molecule has 18 N–H and O–H groups in total. The highest BCUT2D eigenvalue weighted by Crippen LogP contribution is 2.14. The largest absolute Gasteiger partial charge is 0.508 e. The third kappa shape index (κ3) is 23.1. The molecule has 0 unspecified atom stereocenters. The molecule has 0 saturated heterocycles. The number of aromatic hydroxyl groups is 1. The lowest BCUT2D eigenvalue weighted by molar-refractivity contribution is -0.143. The second kappa shape index (κ2) is 31.8. The summed E-state index contributed by atoms with van der Waals surface area (Å²) in [5.41, 5.74) is 23.6. The van der Waals surface area contributed by atoms with E-state index in [1.807, 2.05) is 27.7 Å². The molecule has 2 aromatic carbocycles. The number of carbonyl (C=O) groups is 9. The van der Waals surface area contributed by atoms with E-state index in [0.29, 0.717) is 30.4 Å². The van der Waals surface area contributed by atoms with Gasteiger partial charge in [-0.25, -0.2) is 4.79 Å². The van der Waals surface area contributed by atoms with E-state index < -0.39 is 109 Å². The molecule has 7 amide bonds. The molecule has 0 saturated carbocycles. The van der Waals surface area contributed by atoms with Crippen molar-refractivity contribution in [1.29, 1.82) is 0 Å². The van der Waals surface area contributed by atoms with Crippen LogP contribution in [0, 0.1) is 11.8 Å². The van der Waals surface area contributed by atoms with E-state index >= 15 is 0 Å². The van der Waals surface area contributed by atoms with Crippen LogP contribution >= 0.6 is 0 Å². The molecule has 0 aliphatic heterocycles. The number of rotatable bonds is 33. The van der Waals surface area contributed by atoms with Crippen molar-refractivity contribution >= 4 is 59.2 Å². The van der Waals surface area contributed by atoms with Crippen LogP contribution in [0.15, 0.2) is 59.6 Å². The van der Waals surface area contributed by atoms with Gasteiger partial charge in [0.25, 0.3) is 0 Å². The Morgan fingerprint density at radius 1 is 0.611 bits per heavy atom. The van der Waals surface area contributed by atoms with Gasteiger partial charge >= 0.3 is 11.9 Å². The molecule has 2 rings (SSSR count). The number of nitrogens with two attached hydrogens (primary N) is 4. The maximum Gasteiger partial charge on any atom is 0.326 e. The quantitative estimate of drug-likeness (QED) is 0.0217. The number of nitrogens with zero attached hydrogens (tertiary/aromatic N) is 1. The van der Waals surface area contributed by atoms with Gasteiger partial charge in [-0.3, -0.25) is 43.3 Å². The van der Waals surface area contributed by atoms with Gasteiger partial charge in [-0.15, -0.1) is 0 Å². The molecule has 0 heterocycles. The van der Waals surface area contributed by atoms with Crippen LogP contribution in [-0.2, 0) is 56.0 Å². The minimum atomic E-state index is -1.87. The number of phenols is 1. The Kier molecular flexibility index (Phi) is 26.8. The highest BCUT2D eigenvalue weighted by molar-refractivity contribution is 5.98. The number of amides is 7. The van der Waals surface area contributed by atoms with Crippen LogP contribution in [0.2, 0.25) is 0 Å². The first-order valence-corrected chi connectivity index (χ1v) is 23.9. The molecule has 0 aliphatic rings. The summed E-state index contributed by atoms with van der Waals surface area (Å²) in [6.45, 7) is 7.02. The summed E-state index contributed by atoms with van der Waals surface area (Å²) in [4.78, 5) is 124. The van der Waals surface area contributed by atoms with E-state index in [1.54, 1.807) is 30.3 Å². The van der Waals surface area contributed by atoms with Crippen molar-refractivity contribution in [1.82, 2.24) is 37.2 Å². The third-order valence-electron chi connectivity index (χ3n) is 11.4.